The lowest BCUT2D eigenvalue weighted by molar-refractivity contribution is 0.0946. The van der Waals surface area contributed by atoms with Gasteiger partial charge in [0.05, 0.1) is 4.90 Å². The number of halogens is 1. The van der Waals surface area contributed by atoms with Gasteiger partial charge in [0.2, 0.25) is 10.0 Å². The number of carbonyl (C=O) groups is 1. The molecule has 0 amide bonds. The number of carbonyl (C=O) groups excluding carboxylic acids is 1. The molecule has 0 spiro atoms. The summed E-state index contributed by atoms with van der Waals surface area (Å²) < 4.78 is 36.0. The number of sulfonamides is 1. The van der Waals surface area contributed by atoms with Gasteiger partial charge >= 0.3 is 0 Å². The Morgan fingerprint density at radius 3 is 2.47 bits per heavy atom. The van der Waals surface area contributed by atoms with Gasteiger partial charge in [0.25, 0.3) is 0 Å². The van der Waals surface area contributed by atoms with E-state index in [1.165, 1.54) is 0 Å². The Labute approximate surface area is 112 Å². The third-order valence-corrected chi connectivity index (χ3v) is 3.88. The van der Waals surface area contributed by atoms with Crippen molar-refractivity contribution in [2.75, 3.05) is 14.1 Å². The number of rotatable bonds is 5. The van der Waals surface area contributed by atoms with Crippen molar-refractivity contribution < 1.29 is 17.6 Å². The molecule has 0 aliphatic carbocycles. The van der Waals surface area contributed by atoms with Crippen LogP contribution in [0.1, 0.15) is 23.7 Å². The fourth-order valence-corrected chi connectivity index (χ4v) is 2.27. The zero-order valence-electron chi connectivity index (χ0n) is 11.1. The largest absolute Gasteiger partial charge is 0.306 e. The van der Waals surface area contributed by atoms with Gasteiger partial charge in [-0.3, -0.25) is 4.79 Å². The van der Waals surface area contributed by atoms with E-state index in [1.807, 2.05) is 11.8 Å². The summed E-state index contributed by atoms with van der Waals surface area (Å²) in [6.07, 6.45) is 0.0823. The molecule has 0 aromatic heterocycles. The molecule has 1 atom stereocenters. The molecule has 0 radical (unpaired) electrons. The highest BCUT2D eigenvalue weighted by Crippen LogP contribution is 2.19. The van der Waals surface area contributed by atoms with Gasteiger partial charge in [0.1, 0.15) is 5.82 Å². The summed E-state index contributed by atoms with van der Waals surface area (Å²) in [5.74, 6) is -1.13. The molecule has 0 aliphatic heterocycles. The van der Waals surface area contributed by atoms with Crippen LogP contribution in [0.3, 0.4) is 0 Å². The van der Waals surface area contributed by atoms with Crippen molar-refractivity contribution in [1.29, 1.82) is 0 Å². The van der Waals surface area contributed by atoms with E-state index in [2.05, 4.69) is 0 Å². The van der Waals surface area contributed by atoms with Crippen molar-refractivity contribution in [1.82, 2.24) is 4.90 Å². The topological polar surface area (TPSA) is 80.5 Å². The summed E-state index contributed by atoms with van der Waals surface area (Å²) in [5, 5.41) is 5.02. The summed E-state index contributed by atoms with van der Waals surface area (Å²) in [5.41, 5.74) is -0.198. The predicted octanol–water partition coefficient (Wildman–Crippen LogP) is 0.996. The number of nitrogens with zero attached hydrogens (tertiary/aromatic N) is 1. The average molecular weight is 288 g/mol. The molecule has 7 heteroatoms. The first-order valence-electron chi connectivity index (χ1n) is 5.65. The maximum atomic E-state index is 13.2. The van der Waals surface area contributed by atoms with E-state index in [0.29, 0.717) is 0 Å². The van der Waals surface area contributed by atoms with E-state index in [4.69, 9.17) is 5.14 Å². The zero-order chi connectivity index (χ0) is 14.8. The molecule has 0 saturated carbocycles. The SMILES string of the molecule is CC(CC(=O)c1cc(F)ccc1S(N)(=O)=O)N(C)C. The first kappa shape index (κ1) is 15.7. The smallest absolute Gasteiger partial charge is 0.238 e. The monoisotopic (exact) mass is 288 g/mol. The number of nitrogens with two attached hydrogens (primary N) is 1. The Morgan fingerprint density at radius 1 is 1.42 bits per heavy atom. The summed E-state index contributed by atoms with van der Waals surface area (Å²) >= 11 is 0. The van der Waals surface area contributed by atoms with Gasteiger partial charge in [-0.25, -0.2) is 17.9 Å². The maximum absolute atomic E-state index is 13.2. The number of ketones is 1. The molecule has 1 unspecified atom stereocenters. The number of hydrogen-bond acceptors (Lipinski definition) is 4. The van der Waals surface area contributed by atoms with Crippen molar-refractivity contribution in [3.8, 4) is 0 Å². The summed E-state index contributed by atoms with van der Waals surface area (Å²) in [4.78, 5) is 13.5. The quantitative estimate of drug-likeness (QED) is 0.820. The highest BCUT2D eigenvalue weighted by molar-refractivity contribution is 7.89. The normalized spacial score (nSPS) is 13.6. The molecule has 1 aromatic carbocycles. The van der Waals surface area contributed by atoms with Crippen molar-refractivity contribution in [3.63, 3.8) is 0 Å². The highest BCUT2D eigenvalue weighted by Gasteiger charge is 2.21. The molecule has 1 rings (SSSR count). The van der Waals surface area contributed by atoms with E-state index in [-0.39, 0.29) is 22.9 Å². The minimum Gasteiger partial charge on any atom is -0.306 e. The average Bonchev–Trinajstić information content (AvgIpc) is 2.26. The van der Waals surface area contributed by atoms with E-state index in [0.717, 1.165) is 18.2 Å². The van der Waals surface area contributed by atoms with Crippen LogP contribution in [-0.2, 0) is 10.0 Å². The second kappa shape index (κ2) is 5.77. The molecule has 1 aromatic rings. The van der Waals surface area contributed by atoms with Crippen LogP contribution in [0.4, 0.5) is 4.39 Å². The van der Waals surface area contributed by atoms with Crippen LogP contribution in [0.2, 0.25) is 0 Å². The summed E-state index contributed by atoms with van der Waals surface area (Å²) in [6, 6.07) is 2.79. The van der Waals surface area contributed by atoms with Gasteiger partial charge in [-0.05, 0) is 39.2 Å². The van der Waals surface area contributed by atoms with Crippen LogP contribution < -0.4 is 5.14 Å². The standard InChI is InChI=1S/C12H17FN2O3S/c1-8(15(2)3)6-11(16)10-7-9(13)4-5-12(10)19(14,17)18/h4-5,7-8H,6H2,1-3H3,(H2,14,17,18). The number of Topliss-reactive ketones (excluding diaryl/α,β-unsaturated/α-hetero) is 1. The molecular weight excluding hydrogens is 271 g/mol. The van der Waals surface area contributed by atoms with Crippen molar-refractivity contribution in [2.24, 2.45) is 5.14 Å². The molecular formula is C12H17FN2O3S. The van der Waals surface area contributed by atoms with Gasteiger partial charge in [0.15, 0.2) is 5.78 Å². The number of benzene rings is 1. The molecule has 0 heterocycles. The van der Waals surface area contributed by atoms with Crippen LogP contribution in [0.5, 0.6) is 0 Å². The van der Waals surface area contributed by atoms with Gasteiger partial charge in [-0.2, -0.15) is 0 Å². The van der Waals surface area contributed by atoms with Gasteiger partial charge in [-0.1, -0.05) is 0 Å². The van der Waals surface area contributed by atoms with Crippen molar-refractivity contribution in [2.45, 2.75) is 24.3 Å². The minimum absolute atomic E-state index is 0.0823. The molecule has 5 nitrogen and oxygen atoms in total. The van der Waals surface area contributed by atoms with Crippen LogP contribution in [0.25, 0.3) is 0 Å². The Bertz CT molecular complexity index is 585. The van der Waals surface area contributed by atoms with E-state index >= 15 is 0 Å². The van der Waals surface area contributed by atoms with Crippen molar-refractivity contribution >= 4 is 15.8 Å². The third kappa shape index (κ3) is 4.09. The Hall–Kier alpha value is -1.31. The molecule has 2 N–H and O–H groups in total. The molecule has 0 saturated heterocycles. The first-order valence-corrected chi connectivity index (χ1v) is 7.19. The third-order valence-electron chi connectivity index (χ3n) is 2.91. The fourth-order valence-electron chi connectivity index (χ4n) is 1.53. The molecule has 0 fully saturated rings. The van der Waals surface area contributed by atoms with Gasteiger partial charge < -0.3 is 4.90 Å². The Kier molecular flexibility index (Phi) is 4.78. The lowest BCUT2D eigenvalue weighted by Crippen LogP contribution is -2.28. The minimum atomic E-state index is -4.05. The van der Waals surface area contributed by atoms with Crippen LogP contribution in [-0.4, -0.2) is 39.2 Å². The predicted molar refractivity (Wildman–Crippen MR) is 69.9 cm³/mol. The summed E-state index contributed by atoms with van der Waals surface area (Å²) in [6.45, 7) is 1.81. The lowest BCUT2D eigenvalue weighted by atomic mass is 10.0. The molecule has 19 heavy (non-hydrogen) atoms. The van der Waals surface area contributed by atoms with Crippen LogP contribution in [0.15, 0.2) is 23.1 Å². The van der Waals surface area contributed by atoms with E-state index < -0.39 is 21.6 Å². The van der Waals surface area contributed by atoms with Gasteiger partial charge in [0, 0.05) is 18.0 Å². The van der Waals surface area contributed by atoms with Crippen LogP contribution >= 0.6 is 0 Å². The number of primary sulfonamides is 1. The summed E-state index contributed by atoms with van der Waals surface area (Å²) in [7, 11) is -0.461. The fraction of sp³-hybridized carbons (Fsp3) is 0.417. The highest BCUT2D eigenvalue weighted by atomic mass is 32.2. The Balaban J connectivity index is 3.19. The van der Waals surface area contributed by atoms with Gasteiger partial charge in [-0.15, -0.1) is 0 Å². The second-order valence-corrected chi connectivity index (χ2v) is 6.16. The lowest BCUT2D eigenvalue weighted by Gasteiger charge is -2.19. The van der Waals surface area contributed by atoms with Crippen molar-refractivity contribution in [3.05, 3.63) is 29.6 Å². The molecule has 0 bridgehead atoms. The van der Waals surface area contributed by atoms with E-state index in [1.54, 1.807) is 14.1 Å². The zero-order valence-corrected chi connectivity index (χ0v) is 11.9. The first-order chi connectivity index (χ1) is 8.62. The Morgan fingerprint density at radius 2 is 2.00 bits per heavy atom. The molecule has 0 aliphatic rings. The second-order valence-electron chi connectivity index (χ2n) is 4.63. The number of hydrogen-bond donors (Lipinski definition) is 1. The van der Waals surface area contributed by atoms with Crippen LogP contribution in [0, 0.1) is 5.82 Å². The maximum Gasteiger partial charge on any atom is 0.238 e. The molecule has 106 valence electrons. The van der Waals surface area contributed by atoms with E-state index in [9.17, 15) is 17.6 Å².